The second kappa shape index (κ2) is 8.99. The van der Waals surface area contributed by atoms with E-state index < -0.39 is 0 Å². The van der Waals surface area contributed by atoms with Gasteiger partial charge in [-0.15, -0.1) is 10.2 Å². The van der Waals surface area contributed by atoms with E-state index in [1.54, 1.807) is 0 Å². The third kappa shape index (κ3) is 3.96. The molecule has 0 fully saturated rings. The van der Waals surface area contributed by atoms with E-state index in [9.17, 15) is 5.26 Å². The molecule has 0 atom stereocenters. The average Bonchev–Trinajstić information content (AvgIpc) is 2.88. The second-order valence-electron chi connectivity index (χ2n) is 7.47. The molecule has 5 heteroatoms. The van der Waals surface area contributed by atoms with Gasteiger partial charge in [-0.25, -0.2) is 0 Å². The van der Waals surface area contributed by atoms with Gasteiger partial charge in [-0.1, -0.05) is 109 Å². The lowest BCUT2D eigenvalue weighted by atomic mass is 9.97. The number of aromatic amines is 1. The number of rotatable bonds is 4. The van der Waals surface area contributed by atoms with Gasteiger partial charge in [-0.2, -0.15) is 5.26 Å². The number of hydrogen-bond acceptors (Lipinski definition) is 4. The highest BCUT2D eigenvalue weighted by Crippen LogP contribution is 2.41. The van der Waals surface area contributed by atoms with Gasteiger partial charge in [0.15, 0.2) is 0 Å². The number of azo groups is 1. The number of H-pyrrole nitrogens is 1. The third-order valence-electron chi connectivity index (χ3n) is 5.45. The van der Waals surface area contributed by atoms with Crippen LogP contribution in [0.2, 0.25) is 0 Å². The van der Waals surface area contributed by atoms with Crippen LogP contribution in [0, 0.1) is 16.0 Å². The summed E-state index contributed by atoms with van der Waals surface area (Å²) in [7, 11) is 0. The summed E-state index contributed by atoms with van der Waals surface area (Å²) < 4.78 is 0.374. The molecular weight excluding hydrogens is 424 g/mol. The molecule has 0 saturated heterocycles. The lowest BCUT2D eigenvalue weighted by Gasteiger charge is -2.14. The van der Waals surface area contributed by atoms with E-state index in [0.717, 1.165) is 33.3 Å². The van der Waals surface area contributed by atoms with Gasteiger partial charge in [0.05, 0.1) is 16.9 Å². The van der Waals surface area contributed by atoms with Gasteiger partial charge in [-0.05, 0) is 17.0 Å². The van der Waals surface area contributed by atoms with Gasteiger partial charge in [0.25, 0.3) is 0 Å². The third-order valence-corrected chi connectivity index (χ3v) is 5.76. The first-order valence-electron chi connectivity index (χ1n) is 10.5. The summed E-state index contributed by atoms with van der Waals surface area (Å²) in [4.78, 5) is 3.23. The fraction of sp³-hybridized carbons (Fsp3) is 0. The normalized spacial score (nSPS) is 11.0. The highest BCUT2D eigenvalue weighted by Gasteiger charge is 2.19. The summed E-state index contributed by atoms with van der Waals surface area (Å²) in [5.41, 5.74) is 4.88. The molecule has 33 heavy (non-hydrogen) atoms. The van der Waals surface area contributed by atoms with Crippen molar-refractivity contribution in [2.75, 3.05) is 0 Å². The van der Waals surface area contributed by atoms with Crippen LogP contribution in [-0.2, 0) is 0 Å². The van der Waals surface area contributed by atoms with Crippen LogP contribution in [0.3, 0.4) is 0 Å². The van der Waals surface area contributed by atoms with E-state index in [2.05, 4.69) is 16.2 Å². The molecule has 0 aliphatic heterocycles. The van der Waals surface area contributed by atoms with Crippen molar-refractivity contribution in [1.82, 2.24) is 4.98 Å². The van der Waals surface area contributed by atoms with Crippen LogP contribution in [0.5, 0.6) is 0 Å². The fourth-order valence-electron chi connectivity index (χ4n) is 3.90. The largest absolute Gasteiger partial charge is 0.343 e. The van der Waals surface area contributed by atoms with Gasteiger partial charge in [-0.3, -0.25) is 0 Å². The maximum Gasteiger partial charge on any atom is 0.122 e. The Labute approximate surface area is 196 Å². The molecule has 0 bridgehead atoms. The van der Waals surface area contributed by atoms with Crippen LogP contribution in [-0.4, -0.2) is 4.98 Å². The van der Waals surface area contributed by atoms with Crippen molar-refractivity contribution in [3.8, 4) is 28.5 Å². The molecule has 0 spiro atoms. The van der Waals surface area contributed by atoms with Crippen molar-refractivity contribution in [2.45, 2.75) is 0 Å². The highest BCUT2D eigenvalue weighted by molar-refractivity contribution is 7.71. The number of aromatic nitrogens is 1. The lowest BCUT2D eigenvalue weighted by Crippen LogP contribution is -1.95. The van der Waals surface area contributed by atoms with Crippen molar-refractivity contribution in [1.29, 1.82) is 5.26 Å². The molecule has 4 aromatic carbocycles. The van der Waals surface area contributed by atoms with Crippen LogP contribution in [0.15, 0.2) is 113 Å². The maximum atomic E-state index is 9.96. The fourth-order valence-corrected chi connectivity index (χ4v) is 4.15. The van der Waals surface area contributed by atoms with Crippen molar-refractivity contribution in [2.24, 2.45) is 10.2 Å². The molecule has 5 aromatic rings. The van der Waals surface area contributed by atoms with Gasteiger partial charge < -0.3 is 4.98 Å². The smallest absolute Gasteiger partial charge is 0.122 e. The Morgan fingerprint density at radius 3 is 2.06 bits per heavy atom. The Morgan fingerprint density at radius 2 is 1.33 bits per heavy atom. The SMILES string of the molecule is N#Cc1c(-c2ccccc2)c(N=Nc2cccc3ccccc23)c(-c2ccccc2)[nH]c1=S. The van der Waals surface area contributed by atoms with Crippen LogP contribution < -0.4 is 0 Å². The van der Waals surface area contributed by atoms with Gasteiger partial charge in [0.2, 0.25) is 0 Å². The summed E-state index contributed by atoms with van der Waals surface area (Å²) >= 11 is 5.58. The highest BCUT2D eigenvalue weighted by atomic mass is 32.1. The molecule has 0 aliphatic carbocycles. The molecule has 1 aromatic heterocycles. The minimum absolute atomic E-state index is 0.374. The zero-order valence-corrected chi connectivity index (χ0v) is 18.4. The summed E-state index contributed by atoms with van der Waals surface area (Å²) in [5.74, 6) is 0. The first-order chi connectivity index (χ1) is 16.3. The first kappa shape index (κ1) is 20.5. The number of benzene rings is 4. The summed E-state index contributed by atoms with van der Waals surface area (Å²) in [5, 5.41) is 21.4. The Balaban J connectivity index is 1.82. The van der Waals surface area contributed by atoms with Crippen LogP contribution >= 0.6 is 12.2 Å². The molecular formula is C28H18N4S. The second-order valence-corrected chi connectivity index (χ2v) is 7.88. The predicted molar refractivity (Wildman–Crippen MR) is 135 cm³/mol. The summed E-state index contributed by atoms with van der Waals surface area (Å²) in [6.45, 7) is 0. The van der Waals surface area contributed by atoms with E-state index in [0.29, 0.717) is 21.5 Å². The Kier molecular flexibility index (Phi) is 5.59. The Morgan fingerprint density at radius 1 is 0.697 bits per heavy atom. The van der Waals surface area contributed by atoms with Crippen molar-refractivity contribution in [3.63, 3.8) is 0 Å². The molecule has 1 heterocycles. The van der Waals surface area contributed by atoms with E-state index in [1.165, 1.54) is 0 Å². The molecule has 0 amide bonds. The standard InChI is InChI=1S/C28H18N4S/c29-18-23-25(20-11-3-1-4-12-20)27(26(30-28(23)33)21-13-5-2-6-14-21)32-31-24-17-9-15-19-10-7-8-16-22(19)24/h1-17H,(H,30,33). The van der Waals surface area contributed by atoms with Gasteiger partial charge in [0.1, 0.15) is 16.4 Å². The summed E-state index contributed by atoms with van der Waals surface area (Å²) in [6.07, 6.45) is 0. The minimum atomic E-state index is 0.374. The van der Waals surface area contributed by atoms with Crippen molar-refractivity contribution < 1.29 is 0 Å². The molecule has 0 radical (unpaired) electrons. The molecule has 0 aliphatic rings. The van der Waals surface area contributed by atoms with Gasteiger partial charge >= 0.3 is 0 Å². The molecule has 0 saturated carbocycles. The number of nitrogens with one attached hydrogen (secondary N) is 1. The predicted octanol–water partition coefficient (Wildman–Crippen LogP) is 8.52. The minimum Gasteiger partial charge on any atom is -0.343 e. The molecule has 4 nitrogen and oxygen atoms in total. The number of nitrogens with zero attached hydrogens (tertiary/aromatic N) is 3. The van der Waals surface area contributed by atoms with E-state index >= 15 is 0 Å². The zero-order valence-electron chi connectivity index (χ0n) is 17.6. The zero-order chi connectivity index (χ0) is 22.6. The Bertz CT molecular complexity index is 1570. The van der Waals surface area contributed by atoms with Crippen molar-refractivity contribution >= 4 is 34.4 Å². The number of pyridine rings is 1. The average molecular weight is 443 g/mol. The first-order valence-corrected chi connectivity index (χ1v) is 10.9. The van der Waals surface area contributed by atoms with Gasteiger partial charge in [0, 0.05) is 16.5 Å². The quantitative estimate of drug-likeness (QED) is 0.224. The number of nitriles is 1. The molecule has 0 unspecified atom stereocenters. The lowest BCUT2D eigenvalue weighted by molar-refractivity contribution is 1.19. The van der Waals surface area contributed by atoms with Crippen LogP contribution in [0.1, 0.15) is 5.56 Å². The topological polar surface area (TPSA) is 64.3 Å². The summed E-state index contributed by atoms with van der Waals surface area (Å²) in [6, 6.07) is 35.8. The molecule has 156 valence electrons. The van der Waals surface area contributed by atoms with E-state index in [1.807, 2.05) is 103 Å². The Hall–Kier alpha value is -4.40. The van der Waals surface area contributed by atoms with Crippen molar-refractivity contribution in [3.05, 3.63) is 113 Å². The van der Waals surface area contributed by atoms with Crippen LogP contribution in [0.25, 0.3) is 33.2 Å². The molecule has 1 N–H and O–H groups in total. The number of fused-ring (bicyclic) bond motifs is 1. The van der Waals surface area contributed by atoms with E-state index in [-0.39, 0.29) is 0 Å². The molecule has 5 rings (SSSR count). The van der Waals surface area contributed by atoms with E-state index in [4.69, 9.17) is 17.3 Å². The monoisotopic (exact) mass is 442 g/mol. The maximum absolute atomic E-state index is 9.96. The number of hydrogen-bond donors (Lipinski definition) is 1. The van der Waals surface area contributed by atoms with Crippen LogP contribution in [0.4, 0.5) is 11.4 Å².